The number of para-hydroxylation sites is 1. The third kappa shape index (κ3) is 3.86. The molecule has 1 heterocycles. The number of nitrogens with zero attached hydrogens (tertiary/aromatic N) is 2. The maximum Gasteiger partial charge on any atom is 0.147 e. The summed E-state index contributed by atoms with van der Waals surface area (Å²) in [6, 6.07) is 6.09. The van der Waals surface area contributed by atoms with Gasteiger partial charge in [0.25, 0.3) is 0 Å². The molecule has 0 spiro atoms. The van der Waals surface area contributed by atoms with Crippen LogP contribution in [-0.2, 0) is 12.4 Å². The molecular formula is C16H23ClN2OS. The largest absolute Gasteiger partial charge is 0.489 e. The van der Waals surface area contributed by atoms with Crippen LogP contribution in [0.5, 0.6) is 5.75 Å². The second-order valence-electron chi connectivity index (χ2n) is 5.62. The van der Waals surface area contributed by atoms with E-state index in [9.17, 15) is 0 Å². The molecule has 21 heavy (non-hydrogen) atoms. The Balaban J connectivity index is 2.44. The average Bonchev–Trinajstić information content (AvgIpc) is 2.78. The lowest BCUT2D eigenvalue weighted by Gasteiger charge is -2.14. The fourth-order valence-electron chi connectivity index (χ4n) is 2.47. The summed E-state index contributed by atoms with van der Waals surface area (Å²) in [7, 11) is 0. The molecule has 5 heteroatoms. The summed E-state index contributed by atoms with van der Waals surface area (Å²) in [4.78, 5) is 4.70. The van der Waals surface area contributed by atoms with E-state index in [2.05, 4.69) is 23.8 Å². The highest BCUT2D eigenvalue weighted by molar-refractivity contribution is 7.98. The van der Waals surface area contributed by atoms with E-state index in [1.807, 2.05) is 37.7 Å². The van der Waals surface area contributed by atoms with E-state index >= 15 is 0 Å². The van der Waals surface area contributed by atoms with Crippen molar-refractivity contribution in [3.63, 3.8) is 0 Å². The molecule has 1 aromatic heterocycles. The van der Waals surface area contributed by atoms with Gasteiger partial charge in [0.15, 0.2) is 0 Å². The Morgan fingerprint density at radius 1 is 1.33 bits per heavy atom. The van der Waals surface area contributed by atoms with Gasteiger partial charge in [0, 0.05) is 6.54 Å². The van der Waals surface area contributed by atoms with Crippen LogP contribution >= 0.6 is 23.4 Å². The highest BCUT2D eigenvalue weighted by Crippen LogP contribution is 2.28. The SMILES string of the molecule is CSCC(C)Cn1c(CCl)nc2c(OC(C)C)cccc21. The highest BCUT2D eigenvalue weighted by atomic mass is 35.5. The Morgan fingerprint density at radius 3 is 2.71 bits per heavy atom. The summed E-state index contributed by atoms with van der Waals surface area (Å²) < 4.78 is 8.10. The smallest absolute Gasteiger partial charge is 0.147 e. The van der Waals surface area contributed by atoms with E-state index < -0.39 is 0 Å². The molecule has 0 aliphatic carbocycles. The van der Waals surface area contributed by atoms with Gasteiger partial charge in [-0.05, 0) is 43.9 Å². The Morgan fingerprint density at radius 2 is 2.10 bits per heavy atom. The summed E-state index contributed by atoms with van der Waals surface area (Å²) in [5, 5.41) is 0. The maximum atomic E-state index is 6.09. The lowest BCUT2D eigenvalue weighted by Crippen LogP contribution is -2.12. The fraction of sp³-hybridized carbons (Fsp3) is 0.562. The molecule has 0 aliphatic rings. The van der Waals surface area contributed by atoms with Gasteiger partial charge in [0.1, 0.15) is 17.1 Å². The Bertz CT molecular complexity index is 597. The van der Waals surface area contributed by atoms with Crippen LogP contribution in [0.1, 0.15) is 26.6 Å². The van der Waals surface area contributed by atoms with Gasteiger partial charge in [-0.25, -0.2) is 4.98 Å². The molecule has 0 saturated carbocycles. The summed E-state index contributed by atoms with van der Waals surface area (Å²) >= 11 is 7.96. The number of aromatic nitrogens is 2. The number of benzene rings is 1. The van der Waals surface area contributed by atoms with Gasteiger partial charge in [-0.15, -0.1) is 11.6 Å². The van der Waals surface area contributed by atoms with Crippen molar-refractivity contribution in [2.45, 2.75) is 39.3 Å². The zero-order valence-electron chi connectivity index (χ0n) is 13.1. The quantitative estimate of drug-likeness (QED) is 0.698. The number of imidazole rings is 1. The van der Waals surface area contributed by atoms with Gasteiger partial charge in [-0.2, -0.15) is 11.8 Å². The molecule has 1 unspecified atom stereocenters. The van der Waals surface area contributed by atoms with Gasteiger partial charge >= 0.3 is 0 Å². The first-order valence-electron chi connectivity index (χ1n) is 7.26. The van der Waals surface area contributed by atoms with Crippen molar-refractivity contribution < 1.29 is 4.74 Å². The molecule has 3 nitrogen and oxygen atoms in total. The Labute approximate surface area is 136 Å². The van der Waals surface area contributed by atoms with Crippen molar-refractivity contribution in [3.8, 4) is 5.75 Å². The van der Waals surface area contributed by atoms with E-state index in [-0.39, 0.29) is 6.10 Å². The monoisotopic (exact) mass is 326 g/mol. The average molecular weight is 327 g/mol. The number of rotatable bonds is 7. The van der Waals surface area contributed by atoms with Crippen LogP contribution in [0.15, 0.2) is 18.2 Å². The molecule has 0 saturated heterocycles. The zero-order chi connectivity index (χ0) is 15.4. The van der Waals surface area contributed by atoms with Crippen molar-refractivity contribution in [1.29, 1.82) is 0 Å². The lowest BCUT2D eigenvalue weighted by atomic mass is 10.2. The number of alkyl halides is 1. The standard InChI is InChI=1S/C16H23ClN2OS/c1-11(2)20-14-7-5-6-13-16(14)18-15(8-17)19(13)9-12(3)10-21-4/h5-7,11-12H,8-10H2,1-4H3. The van der Waals surface area contributed by atoms with Crippen LogP contribution in [0.3, 0.4) is 0 Å². The molecule has 0 radical (unpaired) electrons. The van der Waals surface area contributed by atoms with Crippen LogP contribution in [0, 0.1) is 5.92 Å². The molecule has 0 fully saturated rings. The lowest BCUT2D eigenvalue weighted by molar-refractivity contribution is 0.245. The Hall–Kier alpha value is -0.870. The van der Waals surface area contributed by atoms with E-state index in [0.29, 0.717) is 11.8 Å². The first kappa shape index (κ1) is 16.5. The highest BCUT2D eigenvalue weighted by Gasteiger charge is 2.16. The maximum absolute atomic E-state index is 6.09. The predicted octanol–water partition coefficient (Wildman–Crippen LogP) is 4.56. The van der Waals surface area contributed by atoms with Crippen LogP contribution in [-0.4, -0.2) is 27.7 Å². The van der Waals surface area contributed by atoms with Crippen LogP contribution in [0.25, 0.3) is 11.0 Å². The van der Waals surface area contributed by atoms with E-state index in [0.717, 1.165) is 34.9 Å². The van der Waals surface area contributed by atoms with Crippen molar-refractivity contribution >= 4 is 34.4 Å². The number of fused-ring (bicyclic) bond motifs is 1. The van der Waals surface area contributed by atoms with Gasteiger partial charge in [0.05, 0.1) is 17.5 Å². The van der Waals surface area contributed by atoms with Crippen LogP contribution < -0.4 is 4.74 Å². The van der Waals surface area contributed by atoms with Crippen molar-refractivity contribution in [1.82, 2.24) is 9.55 Å². The van der Waals surface area contributed by atoms with Crippen molar-refractivity contribution in [3.05, 3.63) is 24.0 Å². The summed E-state index contributed by atoms with van der Waals surface area (Å²) in [6.45, 7) is 7.25. The van der Waals surface area contributed by atoms with Gasteiger partial charge in [-0.1, -0.05) is 13.0 Å². The van der Waals surface area contributed by atoms with Crippen molar-refractivity contribution in [2.75, 3.05) is 12.0 Å². The van der Waals surface area contributed by atoms with E-state index in [1.54, 1.807) is 0 Å². The number of thioether (sulfide) groups is 1. The zero-order valence-corrected chi connectivity index (χ0v) is 14.7. The second kappa shape index (κ2) is 7.41. The van der Waals surface area contributed by atoms with Crippen molar-refractivity contribution in [2.24, 2.45) is 5.92 Å². The number of ether oxygens (including phenoxy) is 1. The van der Waals surface area contributed by atoms with E-state index in [1.165, 1.54) is 0 Å². The minimum absolute atomic E-state index is 0.135. The third-order valence-corrected chi connectivity index (χ3v) is 4.39. The molecule has 1 atom stereocenters. The molecule has 2 aromatic rings. The third-order valence-electron chi connectivity index (χ3n) is 3.25. The summed E-state index contributed by atoms with van der Waals surface area (Å²) in [5.74, 6) is 3.88. The molecule has 0 bridgehead atoms. The van der Waals surface area contributed by atoms with Gasteiger partial charge < -0.3 is 9.30 Å². The van der Waals surface area contributed by atoms with Crippen LogP contribution in [0.4, 0.5) is 0 Å². The van der Waals surface area contributed by atoms with Gasteiger partial charge in [-0.3, -0.25) is 0 Å². The van der Waals surface area contributed by atoms with Crippen LogP contribution in [0.2, 0.25) is 0 Å². The molecule has 116 valence electrons. The topological polar surface area (TPSA) is 27.1 Å². The molecule has 0 amide bonds. The summed E-state index contributed by atoms with van der Waals surface area (Å²) in [5.41, 5.74) is 2.02. The molecule has 2 rings (SSSR count). The van der Waals surface area contributed by atoms with Gasteiger partial charge in [0.2, 0.25) is 0 Å². The summed E-state index contributed by atoms with van der Waals surface area (Å²) in [6.07, 6.45) is 2.27. The van der Waals surface area contributed by atoms with E-state index in [4.69, 9.17) is 21.3 Å². The number of halogens is 1. The number of hydrogen-bond acceptors (Lipinski definition) is 3. The fourth-order valence-corrected chi connectivity index (χ4v) is 3.35. The minimum Gasteiger partial charge on any atom is -0.489 e. The number of hydrogen-bond donors (Lipinski definition) is 0. The molecule has 1 aromatic carbocycles. The molecule has 0 aliphatic heterocycles. The molecule has 0 N–H and O–H groups in total. The normalized spacial score (nSPS) is 13.0. The minimum atomic E-state index is 0.135. The first-order chi connectivity index (χ1) is 10.1. The Kier molecular flexibility index (Phi) is 5.82. The predicted molar refractivity (Wildman–Crippen MR) is 92.6 cm³/mol. The first-order valence-corrected chi connectivity index (χ1v) is 9.19. The molecular weight excluding hydrogens is 304 g/mol. The second-order valence-corrected chi connectivity index (χ2v) is 6.80.